The summed E-state index contributed by atoms with van der Waals surface area (Å²) in [6.45, 7) is 4.03. The molecule has 31 heavy (non-hydrogen) atoms. The van der Waals surface area contributed by atoms with Crippen LogP contribution in [0.4, 0.5) is 5.69 Å². The largest absolute Gasteiger partial charge is 0.379 e. The van der Waals surface area contributed by atoms with Gasteiger partial charge in [-0.15, -0.1) is 0 Å². The van der Waals surface area contributed by atoms with Gasteiger partial charge in [-0.25, -0.2) is 8.42 Å². The molecule has 3 rings (SSSR count). The topological polar surface area (TPSA) is 105 Å². The predicted molar refractivity (Wildman–Crippen MR) is 118 cm³/mol. The van der Waals surface area contributed by atoms with Crippen molar-refractivity contribution in [1.82, 2.24) is 10.2 Å². The monoisotopic (exact) mass is 445 g/mol. The standard InChI is InChI=1S/C22H27N3O5S/c1-31(28,29)20-7-3-5-18(15-20)22(27)23-16-17-4-2-6-19(14-17)24-21(26)8-9-25-10-12-30-13-11-25/h2-7,14-15H,8-13,16H2,1H3,(H,23,27)(H,24,26). The summed E-state index contributed by atoms with van der Waals surface area (Å²) in [5, 5.41) is 5.67. The second kappa shape index (κ2) is 10.5. The molecule has 2 N–H and O–H groups in total. The molecule has 0 saturated carbocycles. The average Bonchev–Trinajstić information content (AvgIpc) is 2.76. The van der Waals surface area contributed by atoms with Crippen LogP contribution in [-0.2, 0) is 25.9 Å². The number of nitrogens with zero attached hydrogens (tertiary/aromatic N) is 1. The number of nitrogens with one attached hydrogen (secondary N) is 2. The minimum Gasteiger partial charge on any atom is -0.379 e. The van der Waals surface area contributed by atoms with Crippen molar-refractivity contribution >= 4 is 27.3 Å². The molecule has 1 aliphatic rings. The van der Waals surface area contributed by atoms with Gasteiger partial charge in [0.2, 0.25) is 5.91 Å². The van der Waals surface area contributed by atoms with E-state index in [9.17, 15) is 18.0 Å². The molecular weight excluding hydrogens is 418 g/mol. The Morgan fingerprint density at radius 2 is 1.81 bits per heavy atom. The van der Waals surface area contributed by atoms with Crippen LogP contribution in [0.1, 0.15) is 22.3 Å². The Morgan fingerprint density at radius 1 is 1.06 bits per heavy atom. The van der Waals surface area contributed by atoms with E-state index in [4.69, 9.17) is 4.74 Å². The van der Waals surface area contributed by atoms with Crippen LogP contribution in [0.3, 0.4) is 0 Å². The van der Waals surface area contributed by atoms with E-state index in [1.807, 2.05) is 12.1 Å². The molecule has 0 aliphatic carbocycles. The molecule has 2 amide bonds. The molecule has 0 atom stereocenters. The Bertz CT molecular complexity index is 1030. The third-order valence-electron chi connectivity index (χ3n) is 4.95. The molecule has 0 radical (unpaired) electrons. The molecule has 0 spiro atoms. The maximum Gasteiger partial charge on any atom is 0.251 e. The Labute approximate surface area is 182 Å². The minimum absolute atomic E-state index is 0.0646. The molecule has 2 aromatic carbocycles. The van der Waals surface area contributed by atoms with Gasteiger partial charge in [-0.1, -0.05) is 18.2 Å². The van der Waals surface area contributed by atoms with Crippen LogP contribution >= 0.6 is 0 Å². The van der Waals surface area contributed by atoms with Gasteiger partial charge < -0.3 is 15.4 Å². The lowest BCUT2D eigenvalue weighted by atomic mass is 10.1. The summed E-state index contributed by atoms with van der Waals surface area (Å²) in [4.78, 5) is 26.9. The lowest BCUT2D eigenvalue weighted by Crippen LogP contribution is -2.38. The van der Waals surface area contributed by atoms with Crippen molar-refractivity contribution in [3.8, 4) is 0 Å². The normalized spacial score (nSPS) is 14.7. The lowest BCUT2D eigenvalue weighted by molar-refractivity contribution is -0.116. The van der Waals surface area contributed by atoms with Crippen LogP contribution in [0.15, 0.2) is 53.4 Å². The molecule has 0 aromatic heterocycles. The number of rotatable bonds is 8. The SMILES string of the molecule is CS(=O)(=O)c1cccc(C(=O)NCc2cccc(NC(=O)CCN3CCOCC3)c2)c1. The first kappa shape index (κ1) is 22.9. The molecule has 1 saturated heterocycles. The van der Waals surface area contributed by atoms with Crippen molar-refractivity contribution in [3.05, 3.63) is 59.7 Å². The Hall–Kier alpha value is -2.75. The van der Waals surface area contributed by atoms with Crippen molar-refractivity contribution in [2.75, 3.05) is 44.4 Å². The summed E-state index contributed by atoms with van der Waals surface area (Å²) < 4.78 is 28.7. The first-order chi connectivity index (χ1) is 14.8. The minimum atomic E-state index is -3.38. The Kier molecular flexibility index (Phi) is 7.78. The van der Waals surface area contributed by atoms with Crippen molar-refractivity contribution in [3.63, 3.8) is 0 Å². The van der Waals surface area contributed by atoms with Crippen LogP contribution in [0.5, 0.6) is 0 Å². The van der Waals surface area contributed by atoms with Crippen LogP contribution in [0, 0.1) is 0 Å². The summed E-state index contributed by atoms with van der Waals surface area (Å²) in [5.41, 5.74) is 1.76. The molecule has 8 nitrogen and oxygen atoms in total. The van der Waals surface area contributed by atoms with Crippen LogP contribution < -0.4 is 10.6 Å². The van der Waals surface area contributed by atoms with E-state index >= 15 is 0 Å². The zero-order chi connectivity index (χ0) is 22.3. The number of ether oxygens (including phenoxy) is 1. The van der Waals surface area contributed by atoms with Gasteiger partial charge in [0.1, 0.15) is 0 Å². The number of hydrogen-bond acceptors (Lipinski definition) is 6. The van der Waals surface area contributed by atoms with Gasteiger partial charge in [-0.3, -0.25) is 14.5 Å². The zero-order valence-electron chi connectivity index (χ0n) is 17.5. The van der Waals surface area contributed by atoms with E-state index in [0.717, 1.165) is 24.9 Å². The van der Waals surface area contributed by atoms with E-state index < -0.39 is 9.84 Å². The highest BCUT2D eigenvalue weighted by Crippen LogP contribution is 2.13. The second-order valence-electron chi connectivity index (χ2n) is 7.44. The van der Waals surface area contributed by atoms with Crippen molar-refractivity contribution < 1.29 is 22.7 Å². The molecule has 9 heteroatoms. The summed E-state index contributed by atoms with van der Waals surface area (Å²) in [5.74, 6) is -0.435. The van der Waals surface area contributed by atoms with E-state index in [2.05, 4.69) is 15.5 Å². The average molecular weight is 446 g/mol. The van der Waals surface area contributed by atoms with E-state index in [-0.39, 0.29) is 28.8 Å². The molecule has 1 aliphatic heterocycles. The number of sulfone groups is 1. The summed E-state index contributed by atoms with van der Waals surface area (Å²) in [6.07, 6.45) is 1.50. The Morgan fingerprint density at radius 3 is 2.55 bits per heavy atom. The van der Waals surface area contributed by atoms with Gasteiger partial charge in [-0.05, 0) is 35.9 Å². The van der Waals surface area contributed by atoms with Crippen molar-refractivity contribution in [1.29, 1.82) is 0 Å². The molecule has 0 unspecified atom stereocenters. The molecule has 166 valence electrons. The van der Waals surface area contributed by atoms with Crippen LogP contribution in [0.2, 0.25) is 0 Å². The van der Waals surface area contributed by atoms with Crippen LogP contribution in [-0.4, -0.2) is 64.2 Å². The van der Waals surface area contributed by atoms with Gasteiger partial charge in [-0.2, -0.15) is 0 Å². The van der Waals surface area contributed by atoms with Gasteiger partial charge >= 0.3 is 0 Å². The molecule has 1 heterocycles. The maximum absolute atomic E-state index is 12.4. The quantitative estimate of drug-likeness (QED) is 0.641. The highest BCUT2D eigenvalue weighted by atomic mass is 32.2. The fraction of sp³-hybridized carbons (Fsp3) is 0.364. The maximum atomic E-state index is 12.4. The predicted octanol–water partition coefficient (Wildman–Crippen LogP) is 1.68. The summed E-state index contributed by atoms with van der Waals surface area (Å²) >= 11 is 0. The molecule has 2 aromatic rings. The van der Waals surface area contributed by atoms with E-state index in [1.54, 1.807) is 24.3 Å². The highest BCUT2D eigenvalue weighted by Gasteiger charge is 2.13. The number of anilines is 1. The molecule has 0 bridgehead atoms. The van der Waals surface area contributed by atoms with Crippen molar-refractivity contribution in [2.45, 2.75) is 17.9 Å². The number of amides is 2. The van der Waals surface area contributed by atoms with Gasteiger partial charge in [0.25, 0.3) is 5.91 Å². The summed E-state index contributed by atoms with van der Waals surface area (Å²) in [6, 6.07) is 13.2. The second-order valence-corrected chi connectivity index (χ2v) is 9.45. The van der Waals surface area contributed by atoms with Gasteiger partial charge in [0, 0.05) is 50.1 Å². The fourth-order valence-corrected chi connectivity index (χ4v) is 3.89. The first-order valence-electron chi connectivity index (χ1n) is 10.1. The van der Waals surface area contributed by atoms with E-state index in [1.165, 1.54) is 12.1 Å². The van der Waals surface area contributed by atoms with Crippen LogP contribution in [0.25, 0.3) is 0 Å². The third kappa shape index (κ3) is 7.16. The van der Waals surface area contributed by atoms with E-state index in [0.29, 0.717) is 31.9 Å². The molecular formula is C22H27N3O5S. The smallest absolute Gasteiger partial charge is 0.251 e. The Balaban J connectivity index is 1.52. The number of morpholine rings is 1. The third-order valence-corrected chi connectivity index (χ3v) is 6.06. The first-order valence-corrected chi connectivity index (χ1v) is 12.0. The number of benzene rings is 2. The number of carbonyl (C=O) groups is 2. The van der Waals surface area contributed by atoms with Gasteiger partial charge in [0.15, 0.2) is 9.84 Å². The number of carbonyl (C=O) groups excluding carboxylic acids is 2. The van der Waals surface area contributed by atoms with Crippen molar-refractivity contribution in [2.24, 2.45) is 0 Å². The molecule has 1 fully saturated rings. The van der Waals surface area contributed by atoms with Gasteiger partial charge in [0.05, 0.1) is 18.1 Å². The number of hydrogen-bond donors (Lipinski definition) is 2. The zero-order valence-corrected chi connectivity index (χ0v) is 18.3. The lowest BCUT2D eigenvalue weighted by Gasteiger charge is -2.26. The summed E-state index contributed by atoms with van der Waals surface area (Å²) in [7, 11) is -3.38. The fourth-order valence-electron chi connectivity index (χ4n) is 3.22. The highest BCUT2D eigenvalue weighted by molar-refractivity contribution is 7.90.